The van der Waals surface area contributed by atoms with Gasteiger partial charge in [-0.3, -0.25) is 4.79 Å². The summed E-state index contributed by atoms with van der Waals surface area (Å²) in [5, 5.41) is 10.2. The molecule has 28 heavy (non-hydrogen) atoms. The van der Waals surface area contributed by atoms with Crippen molar-refractivity contribution in [2.45, 2.75) is 25.5 Å². The number of likely N-dealkylation sites (N-methyl/N-ethyl adjacent to an activating group) is 1. The number of halogens is 1. The maximum Gasteiger partial charge on any atom is 0.195 e. The molecule has 0 spiro atoms. The van der Waals surface area contributed by atoms with Crippen molar-refractivity contribution in [3.05, 3.63) is 33.9 Å². The highest BCUT2D eigenvalue weighted by Crippen LogP contribution is 2.43. The van der Waals surface area contributed by atoms with Gasteiger partial charge in [0.2, 0.25) is 0 Å². The molecule has 1 N–H and O–H groups in total. The molecule has 3 heterocycles. The van der Waals surface area contributed by atoms with E-state index in [2.05, 4.69) is 10.8 Å². The van der Waals surface area contributed by atoms with Gasteiger partial charge in [-0.25, -0.2) is 4.39 Å². The van der Waals surface area contributed by atoms with Crippen LogP contribution in [-0.2, 0) is 5.54 Å². The Morgan fingerprint density at radius 2 is 2.04 bits per heavy atom. The van der Waals surface area contributed by atoms with Crippen LogP contribution in [-0.4, -0.2) is 54.4 Å². The van der Waals surface area contributed by atoms with Gasteiger partial charge < -0.3 is 24.2 Å². The third-order valence-electron chi connectivity index (χ3n) is 5.81. The van der Waals surface area contributed by atoms with Crippen LogP contribution in [0.5, 0.6) is 5.75 Å². The third kappa shape index (κ3) is 2.67. The van der Waals surface area contributed by atoms with Gasteiger partial charge in [-0.2, -0.15) is 0 Å². The van der Waals surface area contributed by atoms with Gasteiger partial charge in [0.1, 0.15) is 17.8 Å². The molecule has 2 atom stereocenters. The topological polar surface area (TPSA) is 57.9 Å². The lowest BCUT2D eigenvalue weighted by atomic mass is 9.97. The SMILES string of the molecule is C#C[C@]1(C)COc2c(N3CCN(C)CC3)c(F)cc3c(=O)c(C(C)O)cn1c23. The van der Waals surface area contributed by atoms with Gasteiger partial charge in [-0.1, -0.05) is 5.92 Å². The van der Waals surface area contributed by atoms with E-state index >= 15 is 4.39 Å². The van der Waals surface area contributed by atoms with E-state index < -0.39 is 22.9 Å². The summed E-state index contributed by atoms with van der Waals surface area (Å²) in [4.78, 5) is 17.1. The van der Waals surface area contributed by atoms with Crippen molar-refractivity contribution < 1.29 is 14.2 Å². The van der Waals surface area contributed by atoms with E-state index in [9.17, 15) is 9.90 Å². The second kappa shape index (κ2) is 6.50. The maximum atomic E-state index is 15.2. The van der Waals surface area contributed by atoms with Gasteiger partial charge in [-0.15, -0.1) is 6.42 Å². The summed E-state index contributed by atoms with van der Waals surface area (Å²) in [6, 6.07) is 1.25. The zero-order chi connectivity index (χ0) is 20.2. The fraction of sp³-hybridized carbons (Fsp3) is 0.476. The van der Waals surface area contributed by atoms with E-state index in [0.717, 1.165) is 13.1 Å². The molecular weight excluding hydrogens is 361 g/mol. The number of pyridine rings is 1. The molecule has 0 aliphatic carbocycles. The zero-order valence-electron chi connectivity index (χ0n) is 16.3. The van der Waals surface area contributed by atoms with Crippen molar-refractivity contribution in [3.8, 4) is 18.1 Å². The lowest BCUT2D eigenvalue weighted by Gasteiger charge is -2.39. The molecule has 4 rings (SSSR count). The smallest absolute Gasteiger partial charge is 0.195 e. The molecule has 0 bridgehead atoms. The summed E-state index contributed by atoms with van der Waals surface area (Å²) in [5.41, 5.74) is -0.210. The van der Waals surface area contributed by atoms with Gasteiger partial charge in [0.15, 0.2) is 17.0 Å². The number of anilines is 1. The highest BCUT2D eigenvalue weighted by molar-refractivity contribution is 5.92. The first kappa shape index (κ1) is 18.8. The monoisotopic (exact) mass is 385 g/mol. The second-order valence-corrected chi connectivity index (χ2v) is 7.89. The number of aliphatic hydroxyl groups is 1. The molecule has 1 aromatic heterocycles. The number of hydrogen-bond donors (Lipinski definition) is 1. The number of aliphatic hydroxyl groups excluding tert-OH is 1. The summed E-state index contributed by atoms with van der Waals surface area (Å²) in [7, 11) is 2.03. The van der Waals surface area contributed by atoms with Gasteiger partial charge >= 0.3 is 0 Å². The Morgan fingerprint density at radius 1 is 1.36 bits per heavy atom. The molecule has 0 saturated carbocycles. The van der Waals surface area contributed by atoms with E-state index in [1.54, 1.807) is 10.8 Å². The first-order chi connectivity index (χ1) is 13.3. The normalized spacial score (nSPS) is 23.4. The van der Waals surface area contributed by atoms with Gasteiger partial charge in [-0.05, 0) is 27.0 Å². The Balaban J connectivity index is 2.05. The average molecular weight is 385 g/mol. The first-order valence-electron chi connectivity index (χ1n) is 9.41. The van der Waals surface area contributed by atoms with Crippen LogP contribution in [0, 0.1) is 18.2 Å². The van der Waals surface area contributed by atoms with Gasteiger partial charge in [0.25, 0.3) is 0 Å². The average Bonchev–Trinajstić information content (AvgIpc) is 2.66. The summed E-state index contributed by atoms with van der Waals surface area (Å²) in [6.45, 7) is 6.44. The van der Waals surface area contributed by atoms with Crippen LogP contribution in [0.3, 0.4) is 0 Å². The Morgan fingerprint density at radius 3 is 2.64 bits per heavy atom. The van der Waals surface area contributed by atoms with Crippen molar-refractivity contribution in [1.29, 1.82) is 0 Å². The summed E-state index contributed by atoms with van der Waals surface area (Å²) < 4.78 is 23.0. The minimum absolute atomic E-state index is 0.151. The van der Waals surface area contributed by atoms with E-state index in [0.29, 0.717) is 30.0 Å². The largest absolute Gasteiger partial charge is 0.486 e. The molecule has 2 aliphatic rings. The third-order valence-corrected chi connectivity index (χ3v) is 5.81. The number of terminal acetylenes is 1. The van der Waals surface area contributed by atoms with E-state index in [1.165, 1.54) is 13.0 Å². The number of hydrogen-bond acceptors (Lipinski definition) is 5. The molecule has 148 valence electrons. The first-order valence-corrected chi connectivity index (χ1v) is 9.41. The molecule has 1 aromatic carbocycles. The Kier molecular flexibility index (Phi) is 4.36. The van der Waals surface area contributed by atoms with Gasteiger partial charge in [0, 0.05) is 37.9 Å². The molecule has 1 fully saturated rings. The number of rotatable bonds is 2. The fourth-order valence-electron chi connectivity index (χ4n) is 3.98. The van der Waals surface area contributed by atoms with Gasteiger partial charge in [0.05, 0.1) is 17.0 Å². The quantitative estimate of drug-likeness (QED) is 0.798. The van der Waals surface area contributed by atoms with Crippen molar-refractivity contribution in [2.75, 3.05) is 44.7 Å². The van der Waals surface area contributed by atoms with Crippen molar-refractivity contribution in [3.63, 3.8) is 0 Å². The van der Waals surface area contributed by atoms with E-state index in [1.807, 2.05) is 18.9 Å². The van der Waals surface area contributed by atoms with Crippen LogP contribution in [0.4, 0.5) is 10.1 Å². The highest BCUT2D eigenvalue weighted by Gasteiger charge is 2.36. The summed E-state index contributed by atoms with van der Waals surface area (Å²) in [5.74, 6) is 2.58. The Hall–Kier alpha value is -2.56. The molecule has 0 radical (unpaired) electrons. The number of ether oxygens (including phenoxy) is 1. The minimum atomic E-state index is -0.991. The predicted octanol–water partition coefficient (Wildman–Crippen LogP) is 1.69. The summed E-state index contributed by atoms with van der Waals surface area (Å²) >= 11 is 0. The highest BCUT2D eigenvalue weighted by atomic mass is 19.1. The molecule has 7 heteroatoms. The van der Waals surface area contributed by atoms with Crippen molar-refractivity contribution in [2.24, 2.45) is 0 Å². The van der Waals surface area contributed by atoms with E-state index in [-0.39, 0.29) is 17.6 Å². The van der Waals surface area contributed by atoms with Crippen LogP contribution in [0.2, 0.25) is 0 Å². The van der Waals surface area contributed by atoms with Crippen LogP contribution in [0.1, 0.15) is 25.5 Å². The maximum absolute atomic E-state index is 15.2. The molecule has 2 aliphatic heterocycles. The fourth-order valence-corrected chi connectivity index (χ4v) is 3.98. The molecule has 1 unspecified atom stereocenters. The Bertz CT molecular complexity index is 1050. The number of piperazine rings is 1. The second-order valence-electron chi connectivity index (χ2n) is 7.89. The molecule has 6 nitrogen and oxygen atoms in total. The lowest BCUT2D eigenvalue weighted by Crippen LogP contribution is -2.46. The molecule has 2 aromatic rings. The summed E-state index contributed by atoms with van der Waals surface area (Å²) in [6.07, 6.45) is 6.38. The Labute approximate surface area is 163 Å². The van der Waals surface area contributed by atoms with E-state index in [4.69, 9.17) is 11.2 Å². The minimum Gasteiger partial charge on any atom is -0.486 e. The molecule has 0 amide bonds. The van der Waals surface area contributed by atoms with Crippen LogP contribution >= 0.6 is 0 Å². The van der Waals surface area contributed by atoms with Crippen molar-refractivity contribution in [1.82, 2.24) is 9.47 Å². The number of benzene rings is 1. The number of nitrogens with zero attached hydrogens (tertiary/aromatic N) is 3. The molecular formula is C21H24FN3O3. The standard InChI is InChI=1S/C21H24FN3O3/c1-5-21(3)12-28-20-17-14(19(27)15(13(2)26)11-25(17)21)10-16(22)18(20)24-8-6-23(4)7-9-24/h1,10-11,13,26H,6-9,12H2,2-4H3/t13?,21-/m1/s1. The lowest BCUT2D eigenvalue weighted by molar-refractivity contribution is 0.187. The predicted molar refractivity (Wildman–Crippen MR) is 106 cm³/mol. The van der Waals surface area contributed by atoms with Crippen LogP contribution < -0.4 is 15.1 Å². The molecule has 1 saturated heterocycles. The number of aromatic nitrogens is 1. The van der Waals surface area contributed by atoms with Crippen LogP contribution in [0.15, 0.2) is 17.1 Å². The zero-order valence-corrected chi connectivity index (χ0v) is 16.3. The van der Waals surface area contributed by atoms with Crippen molar-refractivity contribution >= 4 is 16.6 Å². The van der Waals surface area contributed by atoms with Crippen LogP contribution in [0.25, 0.3) is 10.9 Å².